The molecule has 5 heteroatoms. The van der Waals surface area contributed by atoms with Gasteiger partial charge in [-0.3, -0.25) is 0 Å². The highest BCUT2D eigenvalue weighted by molar-refractivity contribution is 6.60. The Morgan fingerprint density at radius 1 is 1.09 bits per heavy atom. The third-order valence-electron chi connectivity index (χ3n) is 1.22. The summed E-state index contributed by atoms with van der Waals surface area (Å²) in [7, 11) is 0. The topological polar surface area (TPSA) is 0 Å². The second-order valence-corrected chi connectivity index (χ2v) is 3.17. The van der Waals surface area contributed by atoms with E-state index in [0.717, 1.165) is 18.2 Å². The first-order valence-corrected chi connectivity index (χ1v) is 4.30. The summed E-state index contributed by atoms with van der Waals surface area (Å²) in [5.74, 6) is -2.62. The molecule has 0 fully saturated rings. The predicted octanol–water partition coefficient (Wildman–Crippen LogP) is 1.60. The molecular weight excluding hydrogens is 175 g/mol. The molecule has 0 atom stereocenters. The molecule has 1 aromatic rings. The van der Waals surface area contributed by atoms with Gasteiger partial charge < -0.3 is 7.05 Å². The normalized spacial score (nSPS) is 9.82. The van der Waals surface area contributed by atoms with Crippen LogP contribution in [-0.4, -0.2) is 15.1 Å². The maximum absolute atomic E-state index is 12.4. The van der Waals surface area contributed by atoms with E-state index in [4.69, 9.17) is 0 Å². The fourth-order valence-electron chi connectivity index (χ4n) is 0.689. The first-order valence-electron chi connectivity index (χ1n) is 2.85. The Kier molecular flexibility index (Phi) is 2.53. The smallest absolute Gasteiger partial charge is 0.370 e. The molecule has 0 bridgehead atoms. The Balaban J connectivity index is 3.17. The minimum absolute atomic E-state index is 0.759. The van der Waals surface area contributed by atoms with Gasteiger partial charge in [0, 0.05) is 0 Å². The molecule has 0 saturated heterocycles. The minimum Gasteiger partial charge on any atom is -0.370 e. The molecule has 0 unspecified atom stereocenters. The standard InChI is InChI=1S/C6H3F2.Al.2FH/c7-5-3-1-2-4-6(5)8;;;/h1-3H;;2*1H/q;+2;;/p-2. The van der Waals surface area contributed by atoms with Gasteiger partial charge in [-0.05, 0) is 10.5 Å². The molecular formula is C6H3AlF4. The zero-order valence-corrected chi connectivity index (χ0v) is 6.48. The number of benzene rings is 1. The van der Waals surface area contributed by atoms with E-state index in [1.807, 2.05) is 0 Å². The highest BCUT2D eigenvalue weighted by atomic mass is 27.3. The van der Waals surface area contributed by atoms with Crippen molar-refractivity contribution in [2.45, 2.75) is 0 Å². The second kappa shape index (κ2) is 3.25. The molecule has 11 heavy (non-hydrogen) atoms. The van der Waals surface area contributed by atoms with Gasteiger partial charge >= 0.3 is 15.1 Å². The molecule has 0 aliphatic rings. The van der Waals surface area contributed by atoms with Crippen molar-refractivity contribution in [3.05, 3.63) is 29.8 Å². The first kappa shape index (κ1) is 8.57. The average molecular weight is 178 g/mol. The van der Waals surface area contributed by atoms with Crippen molar-refractivity contribution < 1.29 is 15.8 Å². The van der Waals surface area contributed by atoms with Crippen LogP contribution in [0.4, 0.5) is 15.8 Å². The summed E-state index contributed by atoms with van der Waals surface area (Å²) in [6.07, 6.45) is 0. The van der Waals surface area contributed by atoms with Crippen molar-refractivity contribution in [1.82, 2.24) is 0 Å². The number of hydrogen-bond donors (Lipinski definition) is 0. The zero-order valence-electron chi connectivity index (χ0n) is 5.32. The molecule has 58 valence electrons. The highest BCUT2D eigenvalue weighted by Crippen LogP contribution is 2.03. The van der Waals surface area contributed by atoms with Gasteiger partial charge in [0.25, 0.3) is 0 Å². The lowest BCUT2D eigenvalue weighted by Crippen LogP contribution is -2.25. The Labute approximate surface area is 65.8 Å². The summed E-state index contributed by atoms with van der Waals surface area (Å²) >= 11 is -4.21. The van der Waals surface area contributed by atoms with E-state index in [9.17, 15) is 15.8 Å². The highest BCUT2D eigenvalue weighted by Gasteiger charge is 2.29. The predicted molar refractivity (Wildman–Crippen MR) is 34.0 cm³/mol. The third kappa shape index (κ3) is 1.73. The lowest BCUT2D eigenvalue weighted by molar-refractivity contribution is 0.511. The number of hydrogen-bond acceptors (Lipinski definition) is 0. The van der Waals surface area contributed by atoms with Gasteiger partial charge in [0.05, 0.1) is 0 Å². The maximum Gasteiger partial charge on any atom is 0.805 e. The lowest BCUT2D eigenvalue weighted by Gasteiger charge is -1.96. The van der Waals surface area contributed by atoms with Crippen LogP contribution >= 0.6 is 0 Å². The van der Waals surface area contributed by atoms with Gasteiger partial charge in [-0.15, -0.1) is 0 Å². The number of rotatable bonds is 1. The van der Waals surface area contributed by atoms with Gasteiger partial charge in [0.15, 0.2) is 11.6 Å². The second-order valence-electron chi connectivity index (χ2n) is 1.94. The molecule has 0 N–H and O–H groups in total. The van der Waals surface area contributed by atoms with E-state index in [2.05, 4.69) is 0 Å². The van der Waals surface area contributed by atoms with Crippen LogP contribution in [0.5, 0.6) is 0 Å². The Bertz CT molecular complexity index is 261. The molecule has 0 nitrogen and oxygen atoms in total. The van der Waals surface area contributed by atoms with Crippen molar-refractivity contribution >= 4 is 19.5 Å². The van der Waals surface area contributed by atoms with Crippen molar-refractivity contribution in [3.8, 4) is 0 Å². The third-order valence-corrected chi connectivity index (χ3v) is 2.13. The molecule has 1 aromatic carbocycles. The molecule has 0 spiro atoms. The van der Waals surface area contributed by atoms with Crippen LogP contribution in [0.2, 0.25) is 0 Å². The van der Waals surface area contributed by atoms with Crippen molar-refractivity contribution in [2.24, 2.45) is 0 Å². The van der Waals surface area contributed by atoms with E-state index in [1.54, 1.807) is 0 Å². The van der Waals surface area contributed by atoms with Crippen LogP contribution in [0.3, 0.4) is 0 Å². The van der Waals surface area contributed by atoms with Crippen molar-refractivity contribution in [2.75, 3.05) is 0 Å². The Hall–Kier alpha value is -0.528. The quantitative estimate of drug-likeness (QED) is 0.452. The van der Waals surface area contributed by atoms with E-state index >= 15 is 0 Å². The Morgan fingerprint density at radius 2 is 1.73 bits per heavy atom. The fourth-order valence-corrected chi connectivity index (χ4v) is 1.28. The summed E-state index contributed by atoms with van der Waals surface area (Å²) < 4.78 is 47.8. The van der Waals surface area contributed by atoms with Gasteiger partial charge in [-0.2, -0.15) is 0 Å². The SMILES string of the molecule is Fc1ccc[c]([Al]([F])[F])c1F. The van der Waals surface area contributed by atoms with Gasteiger partial charge in [0.2, 0.25) is 0 Å². The van der Waals surface area contributed by atoms with Crippen LogP contribution in [0.15, 0.2) is 18.2 Å². The van der Waals surface area contributed by atoms with Crippen LogP contribution in [0.1, 0.15) is 0 Å². The molecule has 1 rings (SSSR count). The van der Waals surface area contributed by atoms with Crippen LogP contribution in [-0.2, 0) is 0 Å². The number of halogens is 4. The van der Waals surface area contributed by atoms with E-state index in [-0.39, 0.29) is 0 Å². The molecule has 0 amide bonds. The largest absolute Gasteiger partial charge is 0.805 e. The van der Waals surface area contributed by atoms with Gasteiger partial charge in [0.1, 0.15) is 0 Å². The van der Waals surface area contributed by atoms with Crippen LogP contribution in [0.25, 0.3) is 0 Å². The van der Waals surface area contributed by atoms with Gasteiger partial charge in [-0.25, -0.2) is 8.78 Å². The van der Waals surface area contributed by atoms with Crippen LogP contribution in [0, 0.1) is 11.6 Å². The lowest BCUT2D eigenvalue weighted by atomic mass is 10.3. The summed E-state index contributed by atoms with van der Waals surface area (Å²) in [4.78, 5) is 0. The summed E-state index contributed by atoms with van der Waals surface area (Å²) in [6.45, 7) is 0. The van der Waals surface area contributed by atoms with Crippen LogP contribution < -0.4 is 4.43 Å². The maximum atomic E-state index is 12.4. The monoisotopic (exact) mass is 178 g/mol. The summed E-state index contributed by atoms with van der Waals surface area (Å²) in [5.41, 5.74) is 0. The van der Waals surface area contributed by atoms with Gasteiger partial charge in [-0.1, -0.05) is 12.1 Å². The molecule has 0 saturated carbocycles. The Morgan fingerprint density at radius 3 is 2.18 bits per heavy atom. The zero-order chi connectivity index (χ0) is 8.43. The molecule has 0 aliphatic carbocycles. The van der Waals surface area contributed by atoms with E-state index < -0.39 is 31.1 Å². The molecule has 0 heterocycles. The summed E-state index contributed by atoms with van der Waals surface area (Å²) in [5, 5.41) is 0. The average Bonchev–Trinajstić information content (AvgIpc) is 1.94. The summed E-state index contributed by atoms with van der Waals surface area (Å²) in [6, 6.07) is 2.80. The minimum atomic E-state index is -4.21. The molecule has 0 radical (unpaired) electrons. The van der Waals surface area contributed by atoms with E-state index in [1.165, 1.54) is 0 Å². The molecule has 0 aliphatic heterocycles. The fraction of sp³-hybridized carbons (Fsp3) is 0. The van der Waals surface area contributed by atoms with Crippen molar-refractivity contribution in [3.63, 3.8) is 0 Å². The molecule has 0 aromatic heterocycles. The first-order chi connectivity index (χ1) is 5.13. The van der Waals surface area contributed by atoms with E-state index in [0.29, 0.717) is 0 Å². The van der Waals surface area contributed by atoms with Crippen molar-refractivity contribution in [1.29, 1.82) is 0 Å².